The molecule has 1 fully saturated rings. The molecule has 0 bridgehead atoms. The van der Waals surface area contributed by atoms with Gasteiger partial charge in [0.25, 0.3) is 5.91 Å². The fourth-order valence-corrected chi connectivity index (χ4v) is 3.38. The maximum atomic E-state index is 13.2. The topological polar surface area (TPSA) is 47.4 Å². The third kappa shape index (κ3) is 3.77. The molecule has 2 heterocycles. The van der Waals surface area contributed by atoms with Gasteiger partial charge in [-0.05, 0) is 30.5 Å². The minimum absolute atomic E-state index is 0.0650. The second-order valence-electron chi connectivity index (χ2n) is 6.89. The molecule has 1 saturated carbocycles. The Morgan fingerprint density at radius 1 is 1.22 bits per heavy atom. The van der Waals surface area contributed by atoms with Gasteiger partial charge in [0.05, 0.1) is 12.5 Å². The summed E-state index contributed by atoms with van der Waals surface area (Å²) in [6.45, 7) is 0.933. The Bertz CT molecular complexity index is 865. The highest BCUT2D eigenvalue weighted by Gasteiger charge is 2.56. The number of alkyl halides is 3. The van der Waals surface area contributed by atoms with Gasteiger partial charge in [-0.1, -0.05) is 6.07 Å². The van der Waals surface area contributed by atoms with Crippen LogP contribution in [0.3, 0.4) is 0 Å². The molecule has 0 spiro atoms. The molecule has 144 valence electrons. The Morgan fingerprint density at radius 2 is 2.04 bits per heavy atom. The number of carbonyl (C=O) groups excluding carboxylic acids is 1. The zero-order valence-corrected chi connectivity index (χ0v) is 14.2. The Balaban J connectivity index is 1.39. The van der Waals surface area contributed by atoms with Crippen LogP contribution in [0.4, 0.5) is 17.6 Å². The van der Waals surface area contributed by atoms with Crippen molar-refractivity contribution < 1.29 is 27.1 Å². The van der Waals surface area contributed by atoms with Crippen LogP contribution in [0.5, 0.6) is 5.75 Å². The molecule has 1 amide bonds. The van der Waals surface area contributed by atoms with E-state index in [0.717, 1.165) is 0 Å². The summed E-state index contributed by atoms with van der Waals surface area (Å²) in [6, 6.07) is 7.26. The van der Waals surface area contributed by atoms with Crippen molar-refractivity contribution in [1.29, 1.82) is 0 Å². The second-order valence-corrected chi connectivity index (χ2v) is 6.89. The molecule has 1 aromatic carbocycles. The maximum Gasteiger partial charge on any atom is 0.392 e. The first-order chi connectivity index (χ1) is 12.8. The summed E-state index contributed by atoms with van der Waals surface area (Å²) in [7, 11) is 0. The van der Waals surface area contributed by atoms with E-state index in [-0.39, 0.29) is 25.5 Å². The van der Waals surface area contributed by atoms with Crippen LogP contribution in [0.1, 0.15) is 22.6 Å². The Hall–Kier alpha value is -2.58. The van der Waals surface area contributed by atoms with Gasteiger partial charge in [0.15, 0.2) is 0 Å². The third-order valence-electron chi connectivity index (χ3n) is 4.90. The lowest BCUT2D eigenvalue weighted by molar-refractivity contribution is -0.151. The van der Waals surface area contributed by atoms with E-state index in [2.05, 4.69) is 5.10 Å². The summed E-state index contributed by atoms with van der Waals surface area (Å²) in [5.74, 6) is -2.20. The van der Waals surface area contributed by atoms with Crippen molar-refractivity contribution in [3.63, 3.8) is 0 Å². The van der Waals surface area contributed by atoms with Crippen LogP contribution in [-0.4, -0.2) is 39.9 Å². The number of rotatable bonds is 5. The zero-order valence-electron chi connectivity index (χ0n) is 14.2. The fraction of sp³-hybridized carbons (Fsp3) is 0.444. The van der Waals surface area contributed by atoms with Crippen LogP contribution in [0, 0.1) is 17.7 Å². The first kappa shape index (κ1) is 17.8. The largest absolute Gasteiger partial charge is 0.487 e. The van der Waals surface area contributed by atoms with Crippen molar-refractivity contribution in [2.75, 3.05) is 13.1 Å². The van der Waals surface area contributed by atoms with Crippen LogP contribution < -0.4 is 4.74 Å². The molecule has 0 unspecified atom stereocenters. The number of fused-ring (bicyclic) bond motifs is 1. The van der Waals surface area contributed by atoms with Crippen molar-refractivity contribution in [3.05, 3.63) is 47.5 Å². The predicted molar refractivity (Wildman–Crippen MR) is 86.5 cm³/mol. The molecule has 2 aliphatic rings. The van der Waals surface area contributed by atoms with Crippen molar-refractivity contribution in [2.45, 2.75) is 25.7 Å². The molecule has 0 saturated heterocycles. The van der Waals surface area contributed by atoms with Crippen LogP contribution >= 0.6 is 0 Å². The highest BCUT2D eigenvalue weighted by atomic mass is 19.4. The van der Waals surface area contributed by atoms with E-state index in [9.17, 15) is 22.4 Å². The van der Waals surface area contributed by atoms with Crippen LogP contribution in [0.15, 0.2) is 30.3 Å². The van der Waals surface area contributed by atoms with Crippen LogP contribution in [-0.2, 0) is 13.2 Å². The van der Waals surface area contributed by atoms with Gasteiger partial charge in [-0.25, -0.2) is 4.39 Å². The Labute approximate surface area is 152 Å². The van der Waals surface area contributed by atoms with Crippen LogP contribution in [0.25, 0.3) is 0 Å². The molecular formula is C18H17F4N3O2. The minimum Gasteiger partial charge on any atom is -0.487 e. The number of hydrogen-bond acceptors (Lipinski definition) is 3. The minimum atomic E-state index is -4.19. The molecule has 2 atom stereocenters. The van der Waals surface area contributed by atoms with Gasteiger partial charge in [0, 0.05) is 19.2 Å². The molecule has 0 radical (unpaired) electrons. The van der Waals surface area contributed by atoms with Gasteiger partial charge in [-0.15, -0.1) is 0 Å². The average Bonchev–Trinajstić information content (AvgIpc) is 3.26. The summed E-state index contributed by atoms with van der Waals surface area (Å²) in [4.78, 5) is 14.0. The van der Waals surface area contributed by atoms with E-state index in [4.69, 9.17) is 4.74 Å². The number of hydrogen-bond donors (Lipinski definition) is 0. The van der Waals surface area contributed by atoms with Gasteiger partial charge >= 0.3 is 6.18 Å². The quantitative estimate of drug-likeness (QED) is 0.745. The molecule has 0 N–H and O–H groups in total. The van der Waals surface area contributed by atoms with Gasteiger partial charge in [0.1, 0.15) is 29.6 Å². The van der Waals surface area contributed by atoms with Crippen molar-refractivity contribution >= 4 is 5.91 Å². The highest BCUT2D eigenvalue weighted by Crippen LogP contribution is 2.50. The van der Waals surface area contributed by atoms with E-state index in [1.807, 2.05) is 0 Å². The lowest BCUT2D eigenvalue weighted by atomic mass is 10.2. The van der Waals surface area contributed by atoms with Gasteiger partial charge in [0.2, 0.25) is 0 Å². The SMILES string of the molecule is O=C1c2cc(COc3cccc(F)c3)nn2CCN1C[C@@H]1C[C@H]1C(F)(F)F. The predicted octanol–water partition coefficient (Wildman–Crippen LogP) is 3.26. The van der Waals surface area contributed by atoms with E-state index in [1.54, 1.807) is 12.1 Å². The maximum absolute atomic E-state index is 13.2. The van der Waals surface area contributed by atoms with E-state index in [0.29, 0.717) is 30.2 Å². The molecule has 1 aliphatic heterocycles. The highest BCUT2D eigenvalue weighted by molar-refractivity contribution is 5.93. The molecule has 9 heteroatoms. The number of aromatic nitrogens is 2. The first-order valence-corrected chi connectivity index (χ1v) is 8.62. The molecular weight excluding hydrogens is 366 g/mol. The summed E-state index contributed by atoms with van der Waals surface area (Å²) in [5.41, 5.74) is 0.840. The smallest absolute Gasteiger partial charge is 0.392 e. The third-order valence-corrected chi connectivity index (χ3v) is 4.90. The van der Waals surface area contributed by atoms with Crippen molar-refractivity contribution in [3.8, 4) is 5.75 Å². The summed E-state index contributed by atoms with van der Waals surface area (Å²) in [6.07, 6.45) is -4.11. The Kier molecular flexibility index (Phi) is 4.32. The summed E-state index contributed by atoms with van der Waals surface area (Å²) >= 11 is 0. The van der Waals surface area contributed by atoms with E-state index < -0.39 is 23.8 Å². The van der Waals surface area contributed by atoms with Crippen LogP contribution in [0.2, 0.25) is 0 Å². The number of ether oxygens (including phenoxy) is 1. The molecule has 4 rings (SSSR count). The second kappa shape index (κ2) is 6.54. The van der Waals surface area contributed by atoms with Gasteiger partial charge in [-0.2, -0.15) is 18.3 Å². The molecule has 5 nitrogen and oxygen atoms in total. The van der Waals surface area contributed by atoms with E-state index >= 15 is 0 Å². The number of amides is 1. The normalized spacial score (nSPS) is 21.9. The monoisotopic (exact) mass is 383 g/mol. The molecule has 1 aliphatic carbocycles. The molecule has 2 aromatic rings. The number of carbonyl (C=O) groups is 1. The fourth-order valence-electron chi connectivity index (χ4n) is 3.38. The summed E-state index contributed by atoms with van der Waals surface area (Å²) in [5, 5.41) is 4.29. The summed E-state index contributed by atoms with van der Waals surface area (Å²) < 4.78 is 58.2. The first-order valence-electron chi connectivity index (χ1n) is 8.62. The zero-order chi connectivity index (χ0) is 19.2. The van der Waals surface area contributed by atoms with Crippen molar-refractivity contribution in [1.82, 2.24) is 14.7 Å². The lowest BCUT2D eigenvalue weighted by Gasteiger charge is -2.27. The van der Waals surface area contributed by atoms with E-state index in [1.165, 1.54) is 27.8 Å². The number of halogens is 4. The standard InChI is InChI=1S/C18H17F4N3O2/c19-12-2-1-3-14(7-12)27-10-13-8-16-17(26)24(4-5-25(16)23-13)9-11-6-15(11)18(20,21)22/h1-3,7-8,11,15H,4-6,9-10H2/t11-,15+/m0/s1. The van der Waals surface area contributed by atoms with Gasteiger partial charge in [-0.3, -0.25) is 9.48 Å². The molecule has 27 heavy (non-hydrogen) atoms. The number of benzene rings is 1. The van der Waals surface area contributed by atoms with Crippen molar-refractivity contribution in [2.24, 2.45) is 11.8 Å². The number of nitrogens with zero attached hydrogens (tertiary/aromatic N) is 3. The Morgan fingerprint density at radius 3 is 2.74 bits per heavy atom. The van der Waals surface area contributed by atoms with Gasteiger partial charge < -0.3 is 9.64 Å². The average molecular weight is 383 g/mol. The molecule has 1 aromatic heterocycles. The lowest BCUT2D eigenvalue weighted by Crippen LogP contribution is -2.41.